The lowest BCUT2D eigenvalue weighted by molar-refractivity contribution is -0.897. The van der Waals surface area contributed by atoms with Crippen molar-refractivity contribution in [3.63, 3.8) is 0 Å². The lowest BCUT2D eigenvalue weighted by atomic mass is 9.62. The minimum absolute atomic E-state index is 0.293. The largest absolute Gasteiger partial charge is 0.329 e. The van der Waals surface area contributed by atoms with Crippen LogP contribution >= 0.6 is 23.2 Å². The Labute approximate surface area is 136 Å². The van der Waals surface area contributed by atoms with Crippen LogP contribution in [0.1, 0.15) is 44.1 Å². The molecule has 3 rings (SSSR count). The Bertz CT molecular complexity index is 534. The molecule has 0 aromatic heterocycles. The maximum atomic E-state index is 12.9. The molecule has 2 aliphatic rings. The molecule has 1 heterocycles. The molecule has 4 heteroatoms. The van der Waals surface area contributed by atoms with Gasteiger partial charge in [0.25, 0.3) is 0 Å². The van der Waals surface area contributed by atoms with Crippen molar-refractivity contribution in [2.75, 3.05) is 19.6 Å². The maximum absolute atomic E-state index is 12.9. The molecule has 1 saturated heterocycles. The van der Waals surface area contributed by atoms with Gasteiger partial charge in [0.1, 0.15) is 6.54 Å². The Morgan fingerprint density at radius 1 is 1.05 bits per heavy atom. The number of hydrogen-bond donors (Lipinski definition) is 1. The van der Waals surface area contributed by atoms with Crippen LogP contribution in [0.3, 0.4) is 0 Å². The van der Waals surface area contributed by atoms with Crippen LogP contribution < -0.4 is 4.90 Å². The number of halogens is 2. The van der Waals surface area contributed by atoms with Gasteiger partial charge in [-0.2, -0.15) is 0 Å². The summed E-state index contributed by atoms with van der Waals surface area (Å²) in [5.41, 5.74) is 0.767. The van der Waals surface area contributed by atoms with E-state index < -0.39 is 0 Å². The van der Waals surface area contributed by atoms with E-state index in [4.69, 9.17) is 23.2 Å². The van der Waals surface area contributed by atoms with Crippen LogP contribution in [0.5, 0.6) is 0 Å². The van der Waals surface area contributed by atoms with Gasteiger partial charge in [-0.25, -0.2) is 0 Å². The third-order valence-electron chi connectivity index (χ3n) is 5.18. The number of hydrogen-bond acceptors (Lipinski definition) is 1. The molecule has 0 unspecified atom stereocenters. The molecule has 0 amide bonds. The fraction of sp³-hybridized carbons (Fsp3) is 0.588. The average molecular weight is 327 g/mol. The van der Waals surface area contributed by atoms with Crippen molar-refractivity contribution in [3.05, 3.63) is 33.8 Å². The smallest absolute Gasteiger partial charge is 0.197 e. The van der Waals surface area contributed by atoms with Crippen LogP contribution in [-0.2, 0) is 10.2 Å². The molecule has 0 radical (unpaired) electrons. The molecule has 2 nitrogen and oxygen atoms in total. The molecule has 1 aliphatic carbocycles. The monoisotopic (exact) mass is 326 g/mol. The molecular formula is C17H22Cl2NO+. The summed E-state index contributed by atoms with van der Waals surface area (Å²) in [6.45, 7) is 2.95. The lowest BCUT2D eigenvalue weighted by Crippen LogP contribution is -3.14. The SMILES string of the molecule is O=C(C[NH+]1CCCCC1)C1(c2ccc(Cl)c(Cl)c2)CCC1. The van der Waals surface area contributed by atoms with Gasteiger partial charge in [0.15, 0.2) is 5.78 Å². The molecule has 1 aliphatic heterocycles. The number of carbonyl (C=O) groups is 1. The van der Waals surface area contributed by atoms with Crippen molar-refractivity contribution >= 4 is 29.0 Å². The van der Waals surface area contributed by atoms with E-state index in [0.29, 0.717) is 22.4 Å². The first-order valence-corrected chi connectivity index (χ1v) is 8.70. The molecule has 1 aromatic rings. The minimum Gasteiger partial charge on any atom is -0.329 e. The van der Waals surface area contributed by atoms with Crippen LogP contribution in [0.4, 0.5) is 0 Å². The zero-order valence-electron chi connectivity index (χ0n) is 12.3. The van der Waals surface area contributed by atoms with Gasteiger partial charge in [0.05, 0.1) is 28.5 Å². The number of carbonyl (C=O) groups excluding carboxylic acids is 1. The number of Topliss-reactive ketones (excluding diaryl/α,β-unsaturated/α-hetero) is 1. The Morgan fingerprint density at radius 3 is 2.33 bits per heavy atom. The summed E-state index contributed by atoms with van der Waals surface area (Å²) in [5, 5.41) is 1.11. The van der Waals surface area contributed by atoms with Gasteiger partial charge in [-0.15, -0.1) is 0 Å². The predicted octanol–water partition coefficient (Wildman–Crippen LogP) is 3.05. The van der Waals surface area contributed by atoms with E-state index in [0.717, 1.165) is 37.9 Å². The van der Waals surface area contributed by atoms with Crippen LogP contribution in [0.2, 0.25) is 10.0 Å². The second-order valence-electron chi connectivity index (χ2n) is 6.48. The van der Waals surface area contributed by atoms with Gasteiger partial charge in [0.2, 0.25) is 0 Å². The summed E-state index contributed by atoms with van der Waals surface area (Å²) < 4.78 is 0. The summed E-state index contributed by atoms with van der Waals surface area (Å²) in [7, 11) is 0. The van der Waals surface area contributed by atoms with Gasteiger partial charge >= 0.3 is 0 Å². The first-order chi connectivity index (χ1) is 10.1. The Hall–Kier alpha value is -0.570. The fourth-order valence-electron chi connectivity index (χ4n) is 3.68. The number of rotatable bonds is 4. The highest BCUT2D eigenvalue weighted by Gasteiger charge is 2.46. The van der Waals surface area contributed by atoms with Crippen molar-refractivity contribution < 1.29 is 9.69 Å². The Morgan fingerprint density at radius 2 is 1.76 bits per heavy atom. The van der Waals surface area contributed by atoms with E-state index in [1.165, 1.54) is 24.2 Å². The van der Waals surface area contributed by atoms with E-state index in [1.807, 2.05) is 18.2 Å². The van der Waals surface area contributed by atoms with Gasteiger partial charge < -0.3 is 4.90 Å². The summed E-state index contributed by atoms with van der Waals surface area (Å²) in [6.07, 6.45) is 6.86. The third kappa shape index (κ3) is 2.99. The van der Waals surface area contributed by atoms with Crippen LogP contribution in [0.15, 0.2) is 18.2 Å². The highest BCUT2D eigenvalue weighted by molar-refractivity contribution is 6.42. The first kappa shape index (κ1) is 15.3. The number of piperidine rings is 1. The van der Waals surface area contributed by atoms with E-state index >= 15 is 0 Å². The van der Waals surface area contributed by atoms with E-state index in [-0.39, 0.29) is 5.41 Å². The van der Waals surface area contributed by atoms with E-state index in [1.54, 1.807) is 0 Å². The molecule has 1 aromatic carbocycles. The molecule has 2 fully saturated rings. The summed E-state index contributed by atoms with van der Waals surface area (Å²) in [5.74, 6) is 0.393. The Balaban J connectivity index is 1.78. The van der Waals surface area contributed by atoms with Crippen molar-refractivity contribution in [1.82, 2.24) is 0 Å². The van der Waals surface area contributed by atoms with Crippen LogP contribution in [0, 0.1) is 0 Å². The molecule has 0 spiro atoms. The second-order valence-corrected chi connectivity index (χ2v) is 7.29. The zero-order valence-corrected chi connectivity index (χ0v) is 13.8. The Kier molecular flexibility index (Phi) is 4.58. The topological polar surface area (TPSA) is 21.5 Å². The van der Waals surface area contributed by atoms with Crippen LogP contribution in [0.25, 0.3) is 0 Å². The van der Waals surface area contributed by atoms with E-state index in [2.05, 4.69) is 0 Å². The molecule has 21 heavy (non-hydrogen) atoms. The number of ketones is 1. The predicted molar refractivity (Wildman–Crippen MR) is 86.4 cm³/mol. The summed E-state index contributed by atoms with van der Waals surface area (Å²) in [4.78, 5) is 14.4. The van der Waals surface area contributed by atoms with Crippen molar-refractivity contribution in [2.45, 2.75) is 43.9 Å². The highest BCUT2D eigenvalue weighted by atomic mass is 35.5. The molecular weight excluding hydrogens is 305 g/mol. The molecule has 0 bridgehead atoms. The standard InChI is InChI=1S/C17H21Cl2NO/c18-14-6-5-13(11-15(14)19)17(7-4-8-17)16(21)12-20-9-2-1-3-10-20/h5-6,11H,1-4,7-10,12H2/p+1. The molecule has 0 atom stereocenters. The van der Waals surface area contributed by atoms with Crippen molar-refractivity contribution in [1.29, 1.82) is 0 Å². The lowest BCUT2D eigenvalue weighted by Gasteiger charge is -2.41. The highest BCUT2D eigenvalue weighted by Crippen LogP contribution is 2.45. The molecule has 1 saturated carbocycles. The van der Waals surface area contributed by atoms with Gasteiger partial charge in [-0.1, -0.05) is 35.7 Å². The maximum Gasteiger partial charge on any atom is 0.197 e. The zero-order chi connectivity index (χ0) is 14.9. The van der Waals surface area contributed by atoms with Gasteiger partial charge in [-0.3, -0.25) is 4.79 Å². The first-order valence-electron chi connectivity index (χ1n) is 7.94. The quantitative estimate of drug-likeness (QED) is 0.902. The van der Waals surface area contributed by atoms with Gasteiger partial charge in [0, 0.05) is 0 Å². The summed E-state index contributed by atoms with van der Waals surface area (Å²) in [6, 6.07) is 5.70. The number of likely N-dealkylation sites (tertiary alicyclic amines) is 1. The van der Waals surface area contributed by atoms with Crippen LogP contribution in [-0.4, -0.2) is 25.4 Å². The normalized spacial score (nSPS) is 21.8. The minimum atomic E-state index is -0.293. The van der Waals surface area contributed by atoms with E-state index in [9.17, 15) is 4.79 Å². The number of nitrogens with one attached hydrogen (secondary N) is 1. The number of quaternary nitrogens is 1. The second kappa shape index (κ2) is 6.28. The summed E-state index contributed by atoms with van der Waals surface area (Å²) >= 11 is 12.2. The molecule has 1 N–H and O–H groups in total. The van der Waals surface area contributed by atoms with Crippen molar-refractivity contribution in [2.24, 2.45) is 0 Å². The molecule has 114 valence electrons. The van der Waals surface area contributed by atoms with Crippen molar-refractivity contribution in [3.8, 4) is 0 Å². The fourth-order valence-corrected chi connectivity index (χ4v) is 3.98. The third-order valence-corrected chi connectivity index (χ3v) is 5.92. The number of benzene rings is 1. The van der Waals surface area contributed by atoms with Gasteiger partial charge in [-0.05, 0) is 49.8 Å². The average Bonchev–Trinajstić information content (AvgIpc) is 2.42.